The summed E-state index contributed by atoms with van der Waals surface area (Å²) in [4.78, 5) is 29.0. The maximum absolute atomic E-state index is 13.3. The van der Waals surface area contributed by atoms with E-state index in [4.69, 9.17) is 11.6 Å². The fourth-order valence-electron chi connectivity index (χ4n) is 4.23. The Kier molecular flexibility index (Phi) is 8.26. The van der Waals surface area contributed by atoms with Gasteiger partial charge >= 0.3 is 0 Å². The van der Waals surface area contributed by atoms with Crippen LogP contribution in [-0.2, 0) is 16.1 Å². The normalized spacial score (nSPS) is 20.1. The minimum absolute atomic E-state index is 0.0609. The highest BCUT2D eigenvalue weighted by Crippen LogP contribution is 2.25. The molecule has 1 aliphatic rings. The fourth-order valence-corrected chi connectivity index (χ4v) is 4.35. The molecule has 5 nitrogen and oxygen atoms in total. The van der Waals surface area contributed by atoms with Crippen LogP contribution in [0.3, 0.4) is 0 Å². The number of carbonyl (C=O) groups excluding carboxylic acids is 2. The van der Waals surface area contributed by atoms with Crippen LogP contribution in [0.4, 0.5) is 4.39 Å². The van der Waals surface area contributed by atoms with Crippen molar-refractivity contribution in [3.05, 3.63) is 70.5 Å². The van der Waals surface area contributed by atoms with E-state index in [1.807, 2.05) is 29.2 Å². The molecule has 3 rings (SSSR count). The van der Waals surface area contributed by atoms with Crippen molar-refractivity contribution >= 4 is 23.4 Å². The third-order valence-corrected chi connectivity index (χ3v) is 6.35. The van der Waals surface area contributed by atoms with Gasteiger partial charge in [-0.1, -0.05) is 35.9 Å². The molecule has 2 amide bonds. The summed E-state index contributed by atoms with van der Waals surface area (Å²) in [5, 5.41) is 3.48. The Morgan fingerprint density at radius 3 is 2.34 bits per heavy atom. The molecule has 32 heavy (non-hydrogen) atoms. The van der Waals surface area contributed by atoms with Crippen molar-refractivity contribution in [2.45, 2.75) is 51.7 Å². The van der Waals surface area contributed by atoms with Gasteiger partial charge in [-0.3, -0.25) is 14.5 Å². The smallest absolute Gasteiger partial charge is 0.223 e. The molecule has 1 fully saturated rings. The summed E-state index contributed by atoms with van der Waals surface area (Å²) in [5.41, 5.74) is 2.04. The van der Waals surface area contributed by atoms with Crippen molar-refractivity contribution < 1.29 is 14.0 Å². The number of hydrogen-bond donors (Lipinski definition) is 1. The lowest BCUT2D eigenvalue weighted by Crippen LogP contribution is -2.57. The molecule has 0 bridgehead atoms. The molecular weight excluding hydrogens is 429 g/mol. The number of piperazine rings is 1. The van der Waals surface area contributed by atoms with Gasteiger partial charge in [-0.25, -0.2) is 4.39 Å². The number of halogens is 2. The van der Waals surface area contributed by atoms with Crippen molar-refractivity contribution in [3.63, 3.8) is 0 Å². The molecule has 1 heterocycles. The number of carbonyl (C=O) groups is 2. The molecular formula is C25H31ClFN3O2. The number of hydrogen-bond acceptors (Lipinski definition) is 3. The van der Waals surface area contributed by atoms with Gasteiger partial charge in [-0.15, -0.1) is 0 Å². The largest absolute Gasteiger partial charge is 0.356 e. The molecule has 0 saturated carbocycles. The molecule has 1 N–H and O–H groups in total. The fraction of sp³-hybridized carbons (Fsp3) is 0.440. The van der Waals surface area contributed by atoms with E-state index in [2.05, 4.69) is 24.1 Å². The average Bonchev–Trinajstić information content (AvgIpc) is 2.75. The zero-order valence-electron chi connectivity index (χ0n) is 18.9. The number of nitrogens with one attached hydrogen (secondary N) is 1. The van der Waals surface area contributed by atoms with Crippen molar-refractivity contribution in [1.82, 2.24) is 15.1 Å². The van der Waals surface area contributed by atoms with Crippen LogP contribution in [0.15, 0.2) is 48.5 Å². The van der Waals surface area contributed by atoms with Crippen LogP contribution in [0.5, 0.6) is 0 Å². The second-order valence-corrected chi connectivity index (χ2v) is 9.13. The Morgan fingerprint density at radius 1 is 1.06 bits per heavy atom. The first-order valence-electron chi connectivity index (χ1n) is 11.0. The minimum Gasteiger partial charge on any atom is -0.356 e. The molecule has 7 heteroatoms. The Morgan fingerprint density at radius 2 is 1.72 bits per heavy atom. The Labute approximate surface area is 194 Å². The quantitative estimate of drug-likeness (QED) is 0.674. The topological polar surface area (TPSA) is 52.7 Å². The van der Waals surface area contributed by atoms with E-state index in [0.717, 1.165) is 24.2 Å². The summed E-state index contributed by atoms with van der Waals surface area (Å²) < 4.78 is 13.2. The molecule has 0 spiro atoms. The lowest BCUT2D eigenvalue weighted by atomic mass is 9.94. The van der Waals surface area contributed by atoms with E-state index in [0.29, 0.717) is 24.5 Å². The first-order chi connectivity index (χ1) is 15.2. The lowest BCUT2D eigenvalue weighted by molar-refractivity contribution is -0.138. The maximum atomic E-state index is 13.3. The molecule has 0 aliphatic carbocycles. The predicted molar refractivity (Wildman–Crippen MR) is 125 cm³/mol. The van der Waals surface area contributed by atoms with Gasteiger partial charge in [0, 0.05) is 62.5 Å². The minimum atomic E-state index is -0.236. The van der Waals surface area contributed by atoms with Crippen LogP contribution in [0.25, 0.3) is 0 Å². The number of benzene rings is 2. The summed E-state index contributed by atoms with van der Waals surface area (Å²) >= 11 is 6.02. The van der Waals surface area contributed by atoms with Crippen molar-refractivity contribution in [3.8, 4) is 0 Å². The number of amides is 2. The Bertz CT molecular complexity index is 920. The molecule has 1 saturated heterocycles. The summed E-state index contributed by atoms with van der Waals surface area (Å²) in [6.07, 6.45) is 0.316. The van der Waals surface area contributed by atoms with Crippen LogP contribution in [0.1, 0.15) is 44.2 Å². The standard InChI is InChI=1S/C25H31ClFN3O2/c1-17-15-30(18(2)14-29(17)16-20-4-10-24(27)11-5-20)25(32)12-22(13-28-19(3)31)21-6-8-23(26)9-7-21/h4-11,17-18,22H,12-16H2,1-3H3,(H,28,31)/t17-,18+,22?/m0/s1. The maximum Gasteiger partial charge on any atom is 0.223 e. The zero-order valence-corrected chi connectivity index (χ0v) is 19.6. The molecule has 2 aromatic carbocycles. The van der Waals surface area contributed by atoms with Crippen LogP contribution >= 0.6 is 11.6 Å². The van der Waals surface area contributed by atoms with E-state index in [-0.39, 0.29) is 35.6 Å². The average molecular weight is 460 g/mol. The zero-order chi connectivity index (χ0) is 23.3. The highest BCUT2D eigenvalue weighted by molar-refractivity contribution is 6.30. The first kappa shape index (κ1) is 24.2. The van der Waals surface area contributed by atoms with Crippen molar-refractivity contribution in [2.75, 3.05) is 19.6 Å². The van der Waals surface area contributed by atoms with Gasteiger partial charge in [-0.05, 0) is 49.2 Å². The summed E-state index contributed by atoms with van der Waals surface area (Å²) in [6, 6.07) is 14.3. The van der Waals surface area contributed by atoms with Gasteiger partial charge in [0.2, 0.25) is 11.8 Å². The SMILES string of the molecule is CC(=O)NCC(CC(=O)N1C[C@H](C)N(Cc2ccc(F)cc2)C[C@H]1C)c1ccc(Cl)cc1. The first-order valence-corrected chi connectivity index (χ1v) is 11.4. The molecule has 0 radical (unpaired) electrons. The second kappa shape index (κ2) is 10.9. The molecule has 1 aliphatic heterocycles. The predicted octanol–water partition coefficient (Wildman–Crippen LogP) is 4.21. The van der Waals surface area contributed by atoms with E-state index in [1.165, 1.54) is 19.1 Å². The van der Waals surface area contributed by atoms with Crippen molar-refractivity contribution in [1.29, 1.82) is 0 Å². The summed E-state index contributed by atoms with van der Waals surface area (Å²) in [7, 11) is 0. The van der Waals surface area contributed by atoms with Gasteiger partial charge in [0.1, 0.15) is 5.82 Å². The molecule has 3 atom stereocenters. The summed E-state index contributed by atoms with van der Waals surface area (Å²) in [6.45, 7) is 8.16. The number of rotatable bonds is 7. The highest BCUT2D eigenvalue weighted by Gasteiger charge is 2.33. The lowest BCUT2D eigenvalue weighted by Gasteiger charge is -2.44. The van der Waals surface area contributed by atoms with Crippen LogP contribution < -0.4 is 5.32 Å². The molecule has 1 unspecified atom stereocenters. The second-order valence-electron chi connectivity index (χ2n) is 8.69. The molecule has 0 aromatic heterocycles. The Hall–Kier alpha value is -2.44. The van der Waals surface area contributed by atoms with Crippen LogP contribution in [-0.4, -0.2) is 53.3 Å². The van der Waals surface area contributed by atoms with Gasteiger partial charge < -0.3 is 10.2 Å². The van der Waals surface area contributed by atoms with E-state index in [1.54, 1.807) is 12.1 Å². The van der Waals surface area contributed by atoms with Gasteiger partial charge in [0.05, 0.1) is 0 Å². The third kappa shape index (κ3) is 6.53. The Balaban J connectivity index is 1.65. The third-order valence-electron chi connectivity index (χ3n) is 6.09. The van der Waals surface area contributed by atoms with Crippen molar-refractivity contribution in [2.24, 2.45) is 0 Å². The number of nitrogens with zero attached hydrogens (tertiary/aromatic N) is 2. The van der Waals surface area contributed by atoms with Gasteiger partial charge in [0.15, 0.2) is 0 Å². The highest BCUT2D eigenvalue weighted by atomic mass is 35.5. The van der Waals surface area contributed by atoms with Crippen LogP contribution in [0, 0.1) is 5.82 Å². The van der Waals surface area contributed by atoms with E-state index >= 15 is 0 Å². The van der Waals surface area contributed by atoms with Gasteiger partial charge in [-0.2, -0.15) is 0 Å². The van der Waals surface area contributed by atoms with Crippen LogP contribution in [0.2, 0.25) is 5.02 Å². The summed E-state index contributed by atoms with van der Waals surface area (Å²) in [5.74, 6) is -0.396. The monoisotopic (exact) mass is 459 g/mol. The van der Waals surface area contributed by atoms with Gasteiger partial charge in [0.25, 0.3) is 0 Å². The molecule has 2 aromatic rings. The van der Waals surface area contributed by atoms with E-state index in [9.17, 15) is 14.0 Å². The van der Waals surface area contributed by atoms with E-state index < -0.39 is 0 Å². The molecule has 172 valence electrons.